The van der Waals surface area contributed by atoms with Gasteiger partial charge in [-0.3, -0.25) is 4.99 Å². The summed E-state index contributed by atoms with van der Waals surface area (Å²) >= 11 is 0. The highest BCUT2D eigenvalue weighted by atomic mass is 127. The molecule has 1 atom stereocenters. The largest absolute Gasteiger partial charge is 0.493 e. The average molecular weight is 537 g/mol. The molecule has 0 aromatic heterocycles. The highest BCUT2D eigenvalue weighted by molar-refractivity contribution is 14.0. The Morgan fingerprint density at radius 2 is 1.87 bits per heavy atom. The van der Waals surface area contributed by atoms with Crippen molar-refractivity contribution in [3.8, 4) is 17.2 Å². The molecule has 8 nitrogen and oxygen atoms in total. The van der Waals surface area contributed by atoms with E-state index in [1.165, 1.54) is 0 Å². The van der Waals surface area contributed by atoms with E-state index in [1.54, 1.807) is 28.4 Å². The highest BCUT2D eigenvalue weighted by Crippen LogP contribution is 2.39. The summed E-state index contributed by atoms with van der Waals surface area (Å²) in [7, 11) is 6.62. The van der Waals surface area contributed by atoms with Crippen molar-refractivity contribution < 1.29 is 23.7 Å². The average Bonchev–Trinajstić information content (AvgIpc) is 3.27. The lowest BCUT2D eigenvalue weighted by Crippen LogP contribution is -2.39. The maximum absolute atomic E-state index is 5.68. The van der Waals surface area contributed by atoms with Gasteiger partial charge in [0.15, 0.2) is 17.5 Å². The Morgan fingerprint density at radius 1 is 1.10 bits per heavy atom. The van der Waals surface area contributed by atoms with Gasteiger partial charge in [0.05, 0.1) is 34.0 Å². The number of rotatable bonds is 12. The number of nitrogens with one attached hydrogen (secondary N) is 2. The molecule has 1 unspecified atom stereocenters. The lowest BCUT2D eigenvalue weighted by Gasteiger charge is -2.16. The molecule has 30 heavy (non-hydrogen) atoms. The molecule has 0 amide bonds. The fourth-order valence-electron chi connectivity index (χ4n) is 3.27. The van der Waals surface area contributed by atoms with E-state index in [9.17, 15) is 0 Å². The van der Waals surface area contributed by atoms with Crippen LogP contribution in [0, 0.1) is 0 Å². The molecule has 1 heterocycles. The standard InChI is InChI=1S/C21H35N3O5.HI/c1-22-21(23-11-6-13-28-15-17-7-5-14-29-17)24-12-10-16-8-9-18(25-2)20(27-4)19(16)26-3;/h8-9,17H,5-7,10-15H2,1-4H3,(H2,22,23,24);1H. The zero-order chi connectivity index (χ0) is 20.9. The predicted octanol–water partition coefficient (Wildman–Crippen LogP) is 2.62. The molecule has 9 heteroatoms. The van der Waals surface area contributed by atoms with E-state index in [0.29, 0.717) is 37.0 Å². The highest BCUT2D eigenvalue weighted by Gasteiger charge is 2.16. The van der Waals surface area contributed by atoms with Crippen molar-refractivity contribution in [3.63, 3.8) is 0 Å². The summed E-state index contributed by atoms with van der Waals surface area (Å²) in [5.74, 6) is 2.72. The number of aliphatic imine (C=N–C) groups is 1. The van der Waals surface area contributed by atoms with Crippen molar-refractivity contribution >= 4 is 29.9 Å². The molecule has 0 saturated carbocycles. The second kappa shape index (κ2) is 15.4. The first kappa shape index (κ1) is 26.6. The topological polar surface area (TPSA) is 82.6 Å². The van der Waals surface area contributed by atoms with Gasteiger partial charge in [-0.1, -0.05) is 6.07 Å². The molecular weight excluding hydrogens is 501 g/mol. The maximum atomic E-state index is 5.68. The maximum Gasteiger partial charge on any atom is 0.203 e. The monoisotopic (exact) mass is 537 g/mol. The van der Waals surface area contributed by atoms with Gasteiger partial charge in [-0.2, -0.15) is 0 Å². The van der Waals surface area contributed by atoms with Crippen LogP contribution in [0.5, 0.6) is 17.2 Å². The van der Waals surface area contributed by atoms with Crippen LogP contribution in [0.15, 0.2) is 17.1 Å². The van der Waals surface area contributed by atoms with E-state index >= 15 is 0 Å². The predicted molar refractivity (Wildman–Crippen MR) is 129 cm³/mol. The van der Waals surface area contributed by atoms with Crippen molar-refractivity contribution in [1.29, 1.82) is 0 Å². The van der Waals surface area contributed by atoms with Gasteiger partial charge in [0.2, 0.25) is 5.75 Å². The molecule has 172 valence electrons. The molecule has 1 saturated heterocycles. The summed E-state index contributed by atoms with van der Waals surface area (Å²) in [5, 5.41) is 6.63. The Hall–Kier alpha value is -1.46. The van der Waals surface area contributed by atoms with Gasteiger partial charge in [0.1, 0.15) is 0 Å². The van der Waals surface area contributed by atoms with Crippen molar-refractivity contribution in [2.24, 2.45) is 4.99 Å². The number of nitrogens with zero attached hydrogens (tertiary/aromatic N) is 1. The molecule has 0 spiro atoms. The normalized spacial score (nSPS) is 16.0. The van der Waals surface area contributed by atoms with E-state index in [4.69, 9.17) is 23.7 Å². The van der Waals surface area contributed by atoms with Crippen molar-refractivity contribution in [2.75, 3.05) is 61.3 Å². The summed E-state index contributed by atoms with van der Waals surface area (Å²) < 4.78 is 27.5. The summed E-state index contributed by atoms with van der Waals surface area (Å²) in [5.41, 5.74) is 1.04. The molecule has 2 rings (SSSR count). The second-order valence-corrected chi connectivity index (χ2v) is 6.73. The molecule has 1 aliphatic heterocycles. The summed E-state index contributed by atoms with van der Waals surface area (Å²) in [4.78, 5) is 4.26. The molecule has 1 aromatic rings. The van der Waals surface area contributed by atoms with Crippen LogP contribution in [0.4, 0.5) is 0 Å². The molecule has 1 aliphatic rings. The van der Waals surface area contributed by atoms with Crippen LogP contribution in [-0.4, -0.2) is 73.4 Å². The Morgan fingerprint density at radius 3 is 2.50 bits per heavy atom. The van der Waals surface area contributed by atoms with Crippen LogP contribution in [0.1, 0.15) is 24.8 Å². The van der Waals surface area contributed by atoms with E-state index in [-0.39, 0.29) is 30.1 Å². The Kier molecular flexibility index (Phi) is 13.6. The minimum absolute atomic E-state index is 0. The first-order valence-electron chi connectivity index (χ1n) is 10.1. The van der Waals surface area contributed by atoms with Gasteiger partial charge in [-0.05, 0) is 31.7 Å². The van der Waals surface area contributed by atoms with E-state index < -0.39 is 0 Å². The Bertz CT molecular complexity index is 639. The fourth-order valence-corrected chi connectivity index (χ4v) is 3.27. The molecule has 2 N–H and O–H groups in total. The number of methoxy groups -OCH3 is 3. The minimum atomic E-state index is 0. The van der Waals surface area contributed by atoms with E-state index in [1.807, 2.05) is 12.1 Å². The van der Waals surface area contributed by atoms with Gasteiger partial charge in [0, 0.05) is 38.9 Å². The molecule has 0 radical (unpaired) electrons. The number of guanidine groups is 1. The van der Waals surface area contributed by atoms with Crippen LogP contribution in [0.2, 0.25) is 0 Å². The van der Waals surface area contributed by atoms with E-state index in [0.717, 1.165) is 50.4 Å². The van der Waals surface area contributed by atoms with Crippen LogP contribution < -0.4 is 24.8 Å². The molecular formula is C21H36IN3O5. The number of hydrogen-bond donors (Lipinski definition) is 2. The first-order chi connectivity index (χ1) is 14.2. The number of benzene rings is 1. The van der Waals surface area contributed by atoms with Crippen molar-refractivity contribution in [2.45, 2.75) is 31.8 Å². The van der Waals surface area contributed by atoms with Gasteiger partial charge >= 0.3 is 0 Å². The lowest BCUT2D eigenvalue weighted by molar-refractivity contribution is 0.0168. The van der Waals surface area contributed by atoms with E-state index in [2.05, 4.69) is 15.6 Å². The lowest BCUT2D eigenvalue weighted by atomic mass is 10.1. The van der Waals surface area contributed by atoms with Gasteiger partial charge in [-0.15, -0.1) is 24.0 Å². The quantitative estimate of drug-likeness (QED) is 0.184. The summed E-state index contributed by atoms with van der Waals surface area (Å²) in [6, 6.07) is 3.88. The fraction of sp³-hybridized carbons (Fsp3) is 0.667. The third-order valence-corrected chi connectivity index (χ3v) is 4.78. The smallest absolute Gasteiger partial charge is 0.203 e. The molecule has 0 aliphatic carbocycles. The van der Waals surface area contributed by atoms with Crippen LogP contribution in [0.25, 0.3) is 0 Å². The third-order valence-electron chi connectivity index (χ3n) is 4.78. The Balaban J connectivity index is 0.00000450. The van der Waals surface area contributed by atoms with Crippen LogP contribution in [-0.2, 0) is 15.9 Å². The molecule has 1 fully saturated rings. The molecule has 1 aromatic carbocycles. The van der Waals surface area contributed by atoms with Crippen LogP contribution >= 0.6 is 24.0 Å². The SMILES string of the molecule is CN=C(NCCCOCC1CCCO1)NCCc1ccc(OC)c(OC)c1OC.I. The zero-order valence-electron chi connectivity index (χ0n) is 18.5. The second-order valence-electron chi connectivity index (χ2n) is 6.73. The zero-order valence-corrected chi connectivity index (χ0v) is 20.8. The van der Waals surface area contributed by atoms with Crippen molar-refractivity contribution in [3.05, 3.63) is 17.7 Å². The minimum Gasteiger partial charge on any atom is -0.493 e. The number of ether oxygens (including phenoxy) is 5. The summed E-state index contributed by atoms with van der Waals surface area (Å²) in [6.45, 7) is 3.78. The summed E-state index contributed by atoms with van der Waals surface area (Å²) in [6.07, 6.45) is 4.21. The number of hydrogen-bond acceptors (Lipinski definition) is 6. The van der Waals surface area contributed by atoms with Gasteiger partial charge in [-0.25, -0.2) is 0 Å². The molecule has 0 bridgehead atoms. The first-order valence-corrected chi connectivity index (χ1v) is 10.1. The van der Waals surface area contributed by atoms with Gasteiger partial charge < -0.3 is 34.3 Å². The van der Waals surface area contributed by atoms with Crippen LogP contribution in [0.3, 0.4) is 0 Å². The van der Waals surface area contributed by atoms with Gasteiger partial charge in [0.25, 0.3) is 0 Å². The Labute approximate surface area is 197 Å². The number of halogens is 1. The van der Waals surface area contributed by atoms with Crippen molar-refractivity contribution in [1.82, 2.24) is 10.6 Å². The third kappa shape index (κ3) is 8.35.